The highest BCUT2D eigenvalue weighted by Crippen LogP contribution is 2.34. The van der Waals surface area contributed by atoms with Gasteiger partial charge in [0.1, 0.15) is 23.7 Å². The number of morpholine rings is 1. The average molecular weight is 629 g/mol. The Labute approximate surface area is 271 Å². The number of hydrogen-bond acceptors (Lipinski definition) is 10. The maximum absolute atomic E-state index is 9.62. The van der Waals surface area contributed by atoms with Gasteiger partial charge in [-0.25, -0.2) is 15.0 Å². The topological polar surface area (TPSA) is 114 Å². The number of hydrogen-bond donors (Lipinski definition) is 1. The van der Waals surface area contributed by atoms with Crippen LogP contribution >= 0.6 is 13.5 Å². The zero-order chi connectivity index (χ0) is 30.3. The molecule has 4 aromatic rings. The van der Waals surface area contributed by atoms with E-state index in [1.165, 1.54) is 0 Å². The van der Waals surface area contributed by atoms with E-state index in [9.17, 15) is 5.26 Å². The number of nitrogens with zero attached hydrogens (tertiary/aromatic N) is 7. The molecule has 45 heavy (non-hydrogen) atoms. The van der Waals surface area contributed by atoms with Crippen LogP contribution in [-0.2, 0) is 11.3 Å². The minimum Gasteiger partial charge on any atom is -0.494 e. The molecule has 1 N–H and O–H groups in total. The summed E-state index contributed by atoms with van der Waals surface area (Å²) in [6.45, 7) is 8.40. The molecule has 0 amide bonds. The van der Waals surface area contributed by atoms with Crippen molar-refractivity contribution in [1.29, 1.82) is 5.26 Å². The number of methoxy groups -OCH3 is 1. The molecule has 2 aliphatic heterocycles. The Morgan fingerprint density at radius 2 is 1.80 bits per heavy atom. The van der Waals surface area contributed by atoms with Crippen LogP contribution in [0.3, 0.4) is 0 Å². The van der Waals surface area contributed by atoms with Gasteiger partial charge in [0.15, 0.2) is 0 Å². The average Bonchev–Trinajstić information content (AvgIpc) is 3.58. The van der Waals surface area contributed by atoms with Crippen molar-refractivity contribution >= 4 is 30.8 Å². The number of rotatable bonds is 10. The van der Waals surface area contributed by atoms with E-state index in [0.29, 0.717) is 29.8 Å². The fourth-order valence-corrected chi connectivity index (χ4v) is 5.91. The summed E-state index contributed by atoms with van der Waals surface area (Å²) < 4.78 is 19.4. The first kappa shape index (κ1) is 32.1. The van der Waals surface area contributed by atoms with E-state index in [1.807, 2.05) is 35.9 Å². The maximum Gasteiger partial charge on any atom is 0.227 e. The Morgan fingerprint density at radius 3 is 2.49 bits per heavy atom. The summed E-state index contributed by atoms with van der Waals surface area (Å²) in [4.78, 5) is 18.2. The van der Waals surface area contributed by atoms with Crippen LogP contribution in [-0.4, -0.2) is 83.1 Å². The molecular weight excluding hydrogens is 588 g/mol. The summed E-state index contributed by atoms with van der Waals surface area (Å²) in [5.41, 5.74) is 4.10. The van der Waals surface area contributed by atoms with Gasteiger partial charge in [-0.3, -0.25) is 4.90 Å². The van der Waals surface area contributed by atoms with Crippen molar-refractivity contribution in [2.24, 2.45) is 0 Å². The number of benzene rings is 2. The zero-order valence-corrected chi connectivity index (χ0v) is 26.7. The number of nitriles is 1. The summed E-state index contributed by atoms with van der Waals surface area (Å²) >= 11 is 0. The smallest absolute Gasteiger partial charge is 0.227 e. The van der Waals surface area contributed by atoms with E-state index in [1.54, 1.807) is 38.1 Å². The lowest BCUT2D eigenvalue weighted by molar-refractivity contribution is 0.0115. The standard InChI is InChI=1S/C33H38N8O3.H2S/c1-24(22-39-12-9-35-23-39)44-31-17-25(3-4-26(31)19-34)27-20-36-33(37-21-27)38-30-6-5-29(18-32(30)42-2)40-10-7-28(8-11-40)41-13-15-43-16-14-41;/h3-6,9,12,17-18,20-21,23-24,28H,7-8,10-11,13-16,22H2,1-2H3,(H,36,37,38);1H2/t24-;/m0./s1. The third kappa shape index (κ3) is 7.86. The zero-order valence-electron chi connectivity index (χ0n) is 25.7. The largest absolute Gasteiger partial charge is 0.494 e. The van der Waals surface area contributed by atoms with Crippen molar-refractivity contribution in [3.8, 4) is 28.7 Å². The van der Waals surface area contributed by atoms with Crippen molar-refractivity contribution < 1.29 is 14.2 Å². The van der Waals surface area contributed by atoms with Gasteiger partial charge in [-0.15, -0.1) is 0 Å². The van der Waals surface area contributed by atoms with Crippen LogP contribution in [0.15, 0.2) is 67.5 Å². The van der Waals surface area contributed by atoms with Crippen molar-refractivity contribution in [2.75, 3.05) is 56.7 Å². The van der Waals surface area contributed by atoms with Crippen LogP contribution in [0.4, 0.5) is 17.3 Å². The molecule has 236 valence electrons. The first-order valence-electron chi connectivity index (χ1n) is 15.1. The van der Waals surface area contributed by atoms with E-state index < -0.39 is 0 Å². The Kier molecular flexibility index (Phi) is 10.8. The van der Waals surface area contributed by atoms with Crippen molar-refractivity contribution in [1.82, 2.24) is 24.4 Å². The van der Waals surface area contributed by atoms with E-state index in [0.717, 1.165) is 80.5 Å². The van der Waals surface area contributed by atoms with Crippen LogP contribution in [0.5, 0.6) is 11.5 Å². The normalized spacial score (nSPS) is 16.3. The molecule has 12 heteroatoms. The summed E-state index contributed by atoms with van der Waals surface area (Å²) in [6.07, 6.45) is 11.0. The summed E-state index contributed by atoms with van der Waals surface area (Å²) in [6, 6.07) is 14.6. The Morgan fingerprint density at radius 1 is 1.02 bits per heavy atom. The van der Waals surface area contributed by atoms with Gasteiger partial charge >= 0.3 is 0 Å². The van der Waals surface area contributed by atoms with Gasteiger partial charge < -0.3 is 29.0 Å². The molecule has 2 aliphatic rings. The lowest BCUT2D eigenvalue weighted by Gasteiger charge is -2.40. The molecule has 0 bridgehead atoms. The number of nitrogens with one attached hydrogen (secondary N) is 1. The van der Waals surface area contributed by atoms with Crippen molar-refractivity contribution in [3.63, 3.8) is 0 Å². The summed E-state index contributed by atoms with van der Waals surface area (Å²) in [5, 5.41) is 12.9. The highest BCUT2D eigenvalue weighted by molar-refractivity contribution is 7.59. The number of piperidine rings is 1. The second kappa shape index (κ2) is 15.1. The molecule has 6 rings (SSSR count). The van der Waals surface area contributed by atoms with E-state index in [-0.39, 0.29) is 19.6 Å². The van der Waals surface area contributed by atoms with Gasteiger partial charge in [-0.05, 0) is 49.6 Å². The summed E-state index contributed by atoms with van der Waals surface area (Å²) in [5.74, 6) is 1.73. The predicted octanol–water partition coefficient (Wildman–Crippen LogP) is 4.85. The highest BCUT2D eigenvalue weighted by Gasteiger charge is 2.26. The van der Waals surface area contributed by atoms with Gasteiger partial charge in [-0.2, -0.15) is 18.8 Å². The molecule has 2 fully saturated rings. The van der Waals surface area contributed by atoms with Crippen LogP contribution < -0.4 is 19.7 Å². The molecule has 4 heterocycles. The second-order valence-electron chi connectivity index (χ2n) is 11.2. The van der Waals surface area contributed by atoms with Gasteiger partial charge in [-0.1, -0.05) is 6.07 Å². The predicted molar refractivity (Wildman–Crippen MR) is 179 cm³/mol. The fraction of sp³-hybridized carbons (Fsp3) is 0.394. The molecule has 2 aromatic carbocycles. The summed E-state index contributed by atoms with van der Waals surface area (Å²) in [7, 11) is 1.68. The molecule has 0 unspecified atom stereocenters. The fourth-order valence-electron chi connectivity index (χ4n) is 5.91. The maximum atomic E-state index is 9.62. The first-order valence-corrected chi connectivity index (χ1v) is 15.1. The SMILES string of the molecule is COc1cc(N2CCC(N3CCOCC3)CC2)ccc1Nc1ncc(-c2ccc(C#N)c(O[C@@H](C)Cn3ccnc3)c2)cn1.S. The molecule has 0 aliphatic carbocycles. The van der Waals surface area contributed by atoms with Crippen molar-refractivity contribution in [3.05, 3.63) is 73.1 Å². The number of anilines is 3. The molecular formula is C33H40N8O3S. The minimum absolute atomic E-state index is 0. The molecule has 2 saturated heterocycles. The number of ether oxygens (including phenoxy) is 3. The molecule has 0 spiro atoms. The molecule has 0 radical (unpaired) electrons. The molecule has 1 atom stereocenters. The third-order valence-electron chi connectivity index (χ3n) is 8.27. The van der Waals surface area contributed by atoms with Gasteiger partial charge in [0.2, 0.25) is 5.95 Å². The van der Waals surface area contributed by atoms with E-state index >= 15 is 0 Å². The second-order valence-corrected chi connectivity index (χ2v) is 11.2. The monoisotopic (exact) mass is 628 g/mol. The van der Waals surface area contributed by atoms with Crippen LogP contribution in [0.1, 0.15) is 25.3 Å². The Hall–Kier alpha value is -4.31. The van der Waals surface area contributed by atoms with E-state index in [2.05, 4.69) is 48.3 Å². The first-order chi connectivity index (χ1) is 21.6. The molecule has 11 nitrogen and oxygen atoms in total. The van der Waals surface area contributed by atoms with Gasteiger partial charge in [0.25, 0.3) is 0 Å². The number of imidazole rings is 1. The third-order valence-corrected chi connectivity index (χ3v) is 8.27. The quantitative estimate of drug-likeness (QED) is 0.262. The van der Waals surface area contributed by atoms with Crippen molar-refractivity contribution in [2.45, 2.75) is 38.5 Å². The lowest BCUT2D eigenvalue weighted by Crippen LogP contribution is -2.49. The molecule has 2 aromatic heterocycles. The molecule has 0 saturated carbocycles. The van der Waals surface area contributed by atoms with Gasteiger partial charge in [0.05, 0.1) is 44.4 Å². The van der Waals surface area contributed by atoms with Crippen LogP contribution in [0.2, 0.25) is 0 Å². The Bertz CT molecular complexity index is 1560. The Balaban J connectivity index is 0.00000400. The van der Waals surface area contributed by atoms with Gasteiger partial charge in [0, 0.05) is 74.3 Å². The minimum atomic E-state index is -0.155. The van der Waals surface area contributed by atoms with Crippen LogP contribution in [0.25, 0.3) is 11.1 Å². The number of aromatic nitrogens is 4. The van der Waals surface area contributed by atoms with Crippen LogP contribution in [0, 0.1) is 11.3 Å². The highest BCUT2D eigenvalue weighted by atomic mass is 32.1. The lowest BCUT2D eigenvalue weighted by atomic mass is 10.0. The van der Waals surface area contributed by atoms with E-state index in [4.69, 9.17) is 14.2 Å².